The molecule has 0 radical (unpaired) electrons. The number of allylic oxidation sites excluding steroid dienone is 1. The maximum Gasteiger partial charge on any atom is 0.148 e. The summed E-state index contributed by atoms with van der Waals surface area (Å²) in [5.41, 5.74) is 11.9. The fourth-order valence-corrected chi connectivity index (χ4v) is 5.64. The number of nitrogens with two attached hydrogens (primary N) is 2. The normalized spacial score (nSPS) is 25.0. The van der Waals surface area contributed by atoms with Crippen LogP contribution in [-0.4, -0.2) is 21.2 Å². The number of fused-ring (bicyclic) bond motifs is 3. The van der Waals surface area contributed by atoms with E-state index in [-0.39, 0.29) is 10.8 Å². The minimum Gasteiger partial charge on any atom is -0.337 e. The van der Waals surface area contributed by atoms with Crippen LogP contribution in [-0.2, 0) is 12.0 Å². The third kappa shape index (κ3) is 2.82. The molecule has 3 aromatic rings. The van der Waals surface area contributed by atoms with Gasteiger partial charge >= 0.3 is 0 Å². The second-order valence-corrected chi connectivity index (χ2v) is 9.52. The van der Waals surface area contributed by atoms with Gasteiger partial charge in [0.15, 0.2) is 0 Å². The number of imidazole rings is 1. The van der Waals surface area contributed by atoms with Crippen LogP contribution in [0.25, 0.3) is 11.0 Å². The Morgan fingerprint density at radius 2 is 2.10 bits per heavy atom. The van der Waals surface area contributed by atoms with Gasteiger partial charge in [-0.25, -0.2) is 9.66 Å². The fraction of sp³-hybridized carbons (Fsp3) is 0.333. The van der Waals surface area contributed by atoms with Crippen molar-refractivity contribution in [1.82, 2.24) is 14.6 Å². The predicted molar refractivity (Wildman–Crippen MR) is 126 cm³/mol. The molecule has 2 aliphatic rings. The highest BCUT2D eigenvalue weighted by Gasteiger charge is 2.54. The third-order valence-electron chi connectivity index (χ3n) is 7.40. The SMILES string of the molecule is C=C(CN)C1(C)CCC2(C1)C(=C)N(Cc1nc3cc(Cl)ccc3n1N)c1cnccc12. The molecule has 3 heterocycles. The summed E-state index contributed by atoms with van der Waals surface area (Å²) in [5, 5.41) is 0.640. The molecule has 5 rings (SSSR count). The van der Waals surface area contributed by atoms with Crippen LogP contribution >= 0.6 is 11.6 Å². The van der Waals surface area contributed by atoms with Crippen molar-refractivity contribution in [2.45, 2.75) is 38.1 Å². The van der Waals surface area contributed by atoms with E-state index in [1.54, 1.807) is 4.68 Å². The molecule has 1 spiro atoms. The highest BCUT2D eigenvalue weighted by molar-refractivity contribution is 6.31. The highest BCUT2D eigenvalue weighted by Crippen LogP contribution is 2.62. The molecule has 1 aliphatic carbocycles. The number of aromatic nitrogens is 3. The van der Waals surface area contributed by atoms with Crippen LogP contribution in [0.15, 0.2) is 61.1 Å². The van der Waals surface area contributed by atoms with E-state index in [9.17, 15) is 0 Å². The number of halogens is 1. The van der Waals surface area contributed by atoms with Gasteiger partial charge in [0, 0.05) is 28.9 Å². The van der Waals surface area contributed by atoms with Crippen molar-refractivity contribution in [3.63, 3.8) is 0 Å². The number of nitrogen functional groups attached to an aromatic ring is 1. The number of hydrogen-bond acceptors (Lipinski definition) is 5. The Kier molecular flexibility index (Phi) is 4.43. The molecule has 6 nitrogen and oxygen atoms in total. The molecule has 0 amide bonds. The first-order chi connectivity index (χ1) is 14.8. The number of hydrogen-bond donors (Lipinski definition) is 2. The molecule has 160 valence electrons. The molecular formula is C24H27ClN6. The van der Waals surface area contributed by atoms with E-state index >= 15 is 0 Å². The predicted octanol–water partition coefficient (Wildman–Crippen LogP) is 4.28. The van der Waals surface area contributed by atoms with Gasteiger partial charge in [-0.05, 0) is 54.5 Å². The van der Waals surface area contributed by atoms with Crippen LogP contribution in [0.4, 0.5) is 5.69 Å². The van der Waals surface area contributed by atoms with Crippen LogP contribution in [0.3, 0.4) is 0 Å². The van der Waals surface area contributed by atoms with Gasteiger partial charge < -0.3 is 16.5 Å². The zero-order valence-electron chi connectivity index (χ0n) is 17.7. The molecule has 31 heavy (non-hydrogen) atoms. The number of rotatable bonds is 4. The fourth-order valence-electron chi connectivity index (χ4n) is 5.48. The van der Waals surface area contributed by atoms with E-state index in [1.165, 1.54) is 5.56 Å². The Labute approximate surface area is 187 Å². The van der Waals surface area contributed by atoms with Gasteiger partial charge in [0.1, 0.15) is 5.82 Å². The largest absolute Gasteiger partial charge is 0.337 e. The zero-order valence-corrected chi connectivity index (χ0v) is 18.5. The van der Waals surface area contributed by atoms with E-state index in [1.807, 2.05) is 30.6 Å². The average Bonchev–Trinajstić information content (AvgIpc) is 3.36. The zero-order chi connectivity index (χ0) is 22.0. The standard InChI is InChI=1S/C24H27ClN6/c1-15(11-26)23(3)7-8-24(14-23)16(2)30(21-12-28-9-6-18(21)24)13-22-29-19-10-17(25)4-5-20(19)31(22)27/h4-6,9-10,12H,1-2,7-8,11,13-14,26-27H2,3H3. The van der Waals surface area contributed by atoms with Gasteiger partial charge in [0.2, 0.25) is 0 Å². The first kappa shape index (κ1) is 20.1. The van der Waals surface area contributed by atoms with Crippen molar-refractivity contribution in [1.29, 1.82) is 0 Å². The topological polar surface area (TPSA) is 86.0 Å². The van der Waals surface area contributed by atoms with Gasteiger partial charge in [-0.2, -0.15) is 0 Å². The van der Waals surface area contributed by atoms with Gasteiger partial charge in [0.05, 0.1) is 29.5 Å². The monoisotopic (exact) mass is 434 g/mol. The number of anilines is 1. The maximum atomic E-state index is 6.39. The van der Waals surface area contributed by atoms with Crippen LogP contribution in [0.2, 0.25) is 5.02 Å². The molecule has 0 saturated heterocycles. The van der Waals surface area contributed by atoms with Crippen LogP contribution in [0.1, 0.15) is 37.6 Å². The molecule has 1 saturated carbocycles. The van der Waals surface area contributed by atoms with Crippen LogP contribution in [0, 0.1) is 5.41 Å². The maximum absolute atomic E-state index is 6.39. The molecular weight excluding hydrogens is 408 g/mol. The Balaban J connectivity index is 1.56. The average molecular weight is 435 g/mol. The number of pyridine rings is 1. The lowest BCUT2D eigenvalue weighted by Gasteiger charge is -2.32. The Bertz CT molecular complexity index is 1230. The van der Waals surface area contributed by atoms with Crippen LogP contribution in [0.5, 0.6) is 0 Å². The first-order valence-corrected chi connectivity index (χ1v) is 10.9. The van der Waals surface area contributed by atoms with Crippen molar-refractivity contribution in [3.8, 4) is 0 Å². The van der Waals surface area contributed by atoms with Crippen molar-refractivity contribution in [2.75, 3.05) is 17.3 Å². The van der Waals surface area contributed by atoms with Crippen molar-refractivity contribution in [3.05, 3.63) is 77.5 Å². The minimum absolute atomic E-state index is 0.00793. The molecule has 0 bridgehead atoms. The van der Waals surface area contributed by atoms with E-state index in [2.05, 4.69) is 36.0 Å². The molecule has 2 atom stereocenters. The van der Waals surface area contributed by atoms with Crippen molar-refractivity contribution < 1.29 is 0 Å². The highest BCUT2D eigenvalue weighted by atomic mass is 35.5. The summed E-state index contributed by atoms with van der Waals surface area (Å²) in [6.45, 7) is 12.1. The minimum atomic E-state index is -0.153. The molecule has 1 fully saturated rings. The summed E-state index contributed by atoms with van der Waals surface area (Å²) in [5.74, 6) is 7.14. The van der Waals surface area contributed by atoms with E-state index < -0.39 is 0 Å². The third-order valence-corrected chi connectivity index (χ3v) is 7.64. The van der Waals surface area contributed by atoms with Gasteiger partial charge in [-0.15, -0.1) is 0 Å². The Morgan fingerprint density at radius 1 is 1.29 bits per heavy atom. The molecule has 4 N–H and O–H groups in total. The lowest BCUT2D eigenvalue weighted by Crippen LogP contribution is -2.31. The summed E-state index contributed by atoms with van der Waals surface area (Å²) in [4.78, 5) is 11.4. The lowest BCUT2D eigenvalue weighted by atomic mass is 9.73. The summed E-state index contributed by atoms with van der Waals surface area (Å²) in [6, 6.07) is 7.68. The Hall–Kier alpha value is -2.83. The molecule has 1 aliphatic heterocycles. The molecule has 7 heteroatoms. The van der Waals surface area contributed by atoms with E-state index in [0.717, 1.165) is 53.1 Å². The number of nitrogens with zero attached hydrogens (tertiary/aromatic N) is 4. The second-order valence-electron chi connectivity index (χ2n) is 9.08. The summed E-state index contributed by atoms with van der Waals surface area (Å²) < 4.78 is 1.63. The van der Waals surface area contributed by atoms with Gasteiger partial charge in [0.25, 0.3) is 0 Å². The van der Waals surface area contributed by atoms with E-state index in [4.69, 9.17) is 28.2 Å². The second kappa shape index (κ2) is 6.84. The van der Waals surface area contributed by atoms with E-state index in [0.29, 0.717) is 18.1 Å². The summed E-state index contributed by atoms with van der Waals surface area (Å²) >= 11 is 6.15. The molecule has 2 unspecified atom stereocenters. The van der Waals surface area contributed by atoms with Crippen molar-refractivity contribution in [2.24, 2.45) is 11.1 Å². The smallest absolute Gasteiger partial charge is 0.148 e. The summed E-state index contributed by atoms with van der Waals surface area (Å²) in [6.07, 6.45) is 6.76. The van der Waals surface area contributed by atoms with Gasteiger partial charge in [-0.1, -0.05) is 37.3 Å². The number of benzene rings is 1. The summed E-state index contributed by atoms with van der Waals surface area (Å²) in [7, 11) is 0. The van der Waals surface area contributed by atoms with Crippen LogP contribution < -0.4 is 16.5 Å². The van der Waals surface area contributed by atoms with Crippen molar-refractivity contribution >= 4 is 28.3 Å². The molecule has 2 aromatic heterocycles. The lowest BCUT2D eigenvalue weighted by molar-refractivity contribution is 0.381. The quantitative estimate of drug-likeness (QED) is 0.473. The Morgan fingerprint density at radius 3 is 2.87 bits per heavy atom. The van der Waals surface area contributed by atoms with Gasteiger partial charge in [-0.3, -0.25) is 4.98 Å². The molecule has 1 aromatic carbocycles. The first-order valence-electron chi connectivity index (χ1n) is 10.5.